The van der Waals surface area contributed by atoms with Gasteiger partial charge in [0, 0.05) is 6.54 Å². The second-order valence-corrected chi connectivity index (χ2v) is 13.3. The Morgan fingerprint density at radius 3 is 2.64 bits per heavy atom. The molecule has 1 spiro atoms. The Morgan fingerprint density at radius 1 is 1.10 bits per heavy atom. The summed E-state index contributed by atoms with van der Waals surface area (Å²) in [5.74, 6) is 2.16. The van der Waals surface area contributed by atoms with E-state index in [0.717, 1.165) is 62.3 Å². The molecular formula is C30H39NO7S. The maximum atomic E-state index is 14.3. The second kappa shape index (κ2) is 10.00. The number of carbonyl (C=O) groups excluding carboxylic acids is 2. The molecule has 1 unspecified atom stereocenters. The predicted octanol–water partition coefficient (Wildman–Crippen LogP) is 4.73. The van der Waals surface area contributed by atoms with Crippen molar-refractivity contribution in [1.82, 2.24) is 4.90 Å². The topological polar surface area (TPSA) is 83.5 Å². The molecule has 2 saturated heterocycles. The van der Waals surface area contributed by atoms with Gasteiger partial charge in [-0.1, -0.05) is 18.7 Å². The number of hydrogen-bond acceptors (Lipinski definition) is 9. The van der Waals surface area contributed by atoms with E-state index in [1.165, 1.54) is 17.3 Å². The Bertz CT molecular complexity index is 1200. The average Bonchev–Trinajstić information content (AvgIpc) is 3.57. The number of benzene rings is 1. The number of hydrogen-bond donors (Lipinski definition) is 0. The summed E-state index contributed by atoms with van der Waals surface area (Å²) in [4.78, 5) is 29.7. The summed E-state index contributed by atoms with van der Waals surface area (Å²) in [6.07, 6.45) is 6.53. The molecule has 1 aromatic carbocycles. The highest BCUT2D eigenvalue weighted by molar-refractivity contribution is 8.13. The summed E-state index contributed by atoms with van der Waals surface area (Å²) in [7, 11) is 1.64. The van der Waals surface area contributed by atoms with Gasteiger partial charge >= 0.3 is 5.97 Å². The van der Waals surface area contributed by atoms with Crippen molar-refractivity contribution >= 4 is 22.8 Å². The summed E-state index contributed by atoms with van der Waals surface area (Å²) < 4.78 is 30.4. The Kier molecular flexibility index (Phi) is 6.91. The number of methoxy groups -OCH3 is 1. The Hall–Kier alpha value is -2.23. The molecule has 6 rings (SSSR count). The molecule has 4 heterocycles. The van der Waals surface area contributed by atoms with Crippen molar-refractivity contribution in [3.8, 4) is 11.5 Å². The van der Waals surface area contributed by atoms with E-state index in [9.17, 15) is 9.59 Å². The number of ether oxygens (including phenoxy) is 5. The molecule has 0 radical (unpaired) electrons. The third-order valence-electron chi connectivity index (χ3n) is 9.14. The molecule has 39 heavy (non-hydrogen) atoms. The third kappa shape index (κ3) is 4.54. The molecule has 212 valence electrons. The fourth-order valence-electron chi connectivity index (χ4n) is 7.53. The van der Waals surface area contributed by atoms with Crippen molar-refractivity contribution in [1.29, 1.82) is 0 Å². The summed E-state index contributed by atoms with van der Waals surface area (Å²) in [5.41, 5.74) is 0.141. The van der Waals surface area contributed by atoms with Gasteiger partial charge in [-0.3, -0.25) is 9.69 Å². The van der Waals surface area contributed by atoms with Gasteiger partial charge in [0.25, 0.3) is 0 Å². The van der Waals surface area contributed by atoms with Crippen LogP contribution in [0.1, 0.15) is 76.3 Å². The van der Waals surface area contributed by atoms with Crippen LogP contribution in [0.5, 0.6) is 11.5 Å². The van der Waals surface area contributed by atoms with Crippen LogP contribution in [0, 0.1) is 0 Å². The van der Waals surface area contributed by atoms with Gasteiger partial charge in [-0.05, 0) is 94.0 Å². The van der Waals surface area contributed by atoms with E-state index in [-0.39, 0.29) is 29.8 Å². The first-order chi connectivity index (χ1) is 18.7. The first-order valence-electron chi connectivity index (χ1n) is 14.2. The van der Waals surface area contributed by atoms with E-state index in [2.05, 4.69) is 23.1 Å². The highest BCUT2D eigenvalue weighted by Crippen LogP contribution is 2.56. The Morgan fingerprint density at radius 2 is 1.90 bits per heavy atom. The van der Waals surface area contributed by atoms with Crippen LogP contribution in [0.25, 0.3) is 0 Å². The molecule has 0 amide bonds. The quantitative estimate of drug-likeness (QED) is 0.461. The lowest BCUT2D eigenvalue weighted by Crippen LogP contribution is -2.54. The van der Waals surface area contributed by atoms with Crippen molar-refractivity contribution < 1.29 is 33.3 Å². The van der Waals surface area contributed by atoms with Crippen LogP contribution in [0.4, 0.5) is 0 Å². The maximum Gasteiger partial charge on any atom is 0.339 e. The molecule has 0 aromatic heterocycles. The largest absolute Gasteiger partial charge is 0.497 e. The molecular weight excluding hydrogens is 518 g/mol. The molecule has 0 N–H and O–H groups in total. The molecule has 8 nitrogen and oxygen atoms in total. The third-order valence-corrected chi connectivity index (χ3v) is 9.89. The van der Waals surface area contributed by atoms with E-state index < -0.39 is 23.3 Å². The van der Waals surface area contributed by atoms with Crippen LogP contribution in [0.2, 0.25) is 0 Å². The second-order valence-electron chi connectivity index (χ2n) is 12.0. The van der Waals surface area contributed by atoms with Crippen LogP contribution in [-0.2, 0) is 30.2 Å². The minimum absolute atomic E-state index is 0.00370. The standard InChI is InChI=1S/C30H39NO7S/c1-5-39-24(32)17-30(11-6-9-28(2,3)38-30)27(33)37-26-23(34-4)16-29-10-7-12-31(29)13-8-19-14-21-22(36-18-35-21)15-20(19)25(26)29/h14-16,25-26H,5-13,17-18H2,1-4H3/t25-,26?,29-,30+/m1/s1. The molecule has 4 atom stereocenters. The van der Waals surface area contributed by atoms with Gasteiger partial charge in [-0.25, -0.2) is 4.79 Å². The van der Waals surface area contributed by atoms with Crippen molar-refractivity contribution in [3.05, 3.63) is 35.1 Å². The van der Waals surface area contributed by atoms with Crippen LogP contribution >= 0.6 is 11.8 Å². The van der Waals surface area contributed by atoms with Crippen LogP contribution in [0.15, 0.2) is 24.0 Å². The van der Waals surface area contributed by atoms with E-state index >= 15 is 0 Å². The lowest BCUT2D eigenvalue weighted by atomic mass is 9.77. The zero-order valence-electron chi connectivity index (χ0n) is 23.4. The van der Waals surface area contributed by atoms with E-state index in [0.29, 0.717) is 17.9 Å². The van der Waals surface area contributed by atoms with Crippen LogP contribution < -0.4 is 9.47 Å². The summed E-state index contributed by atoms with van der Waals surface area (Å²) >= 11 is 1.23. The lowest BCUT2D eigenvalue weighted by molar-refractivity contribution is -0.213. The van der Waals surface area contributed by atoms with Gasteiger partial charge in [0.15, 0.2) is 28.3 Å². The Labute approximate surface area is 234 Å². The fourth-order valence-corrected chi connectivity index (χ4v) is 8.19. The number of esters is 1. The minimum atomic E-state index is -1.31. The predicted molar refractivity (Wildman–Crippen MR) is 147 cm³/mol. The number of rotatable bonds is 6. The highest BCUT2D eigenvalue weighted by atomic mass is 32.2. The highest BCUT2D eigenvalue weighted by Gasteiger charge is 2.59. The van der Waals surface area contributed by atoms with Crippen LogP contribution in [-0.4, -0.2) is 71.6 Å². The van der Waals surface area contributed by atoms with Crippen LogP contribution in [0.3, 0.4) is 0 Å². The summed E-state index contributed by atoms with van der Waals surface area (Å²) in [6, 6.07) is 4.17. The number of carbonyl (C=O) groups is 2. The molecule has 2 fully saturated rings. The molecule has 5 aliphatic rings. The number of thioether (sulfide) groups is 1. The zero-order chi connectivity index (χ0) is 27.4. The first kappa shape index (κ1) is 27.0. The summed E-state index contributed by atoms with van der Waals surface area (Å²) in [6.45, 7) is 8.00. The van der Waals surface area contributed by atoms with E-state index in [1.54, 1.807) is 7.11 Å². The van der Waals surface area contributed by atoms with Crippen molar-refractivity contribution in [2.45, 2.75) is 94.5 Å². The molecule has 1 aromatic rings. The molecule has 0 saturated carbocycles. The summed E-state index contributed by atoms with van der Waals surface area (Å²) in [5, 5.41) is -0.0490. The number of nitrogens with zero attached hydrogens (tertiary/aromatic N) is 1. The van der Waals surface area contributed by atoms with Gasteiger partial charge in [0.05, 0.1) is 30.6 Å². The normalized spacial score (nSPS) is 32.5. The van der Waals surface area contributed by atoms with Crippen molar-refractivity contribution in [2.75, 3.05) is 32.7 Å². The van der Waals surface area contributed by atoms with Gasteiger partial charge in [-0.2, -0.15) is 0 Å². The van der Waals surface area contributed by atoms with E-state index in [1.807, 2.05) is 20.8 Å². The molecule has 9 heteroatoms. The van der Waals surface area contributed by atoms with Gasteiger partial charge in [0.1, 0.15) is 5.76 Å². The SMILES string of the molecule is CCSC(=O)C[C@]1(C(=O)OC2C(OC)=C[C@@]34CCCN3CCc3cc5c(cc3[C@H]24)OCO5)CCCC(C)(C)O1. The molecule has 0 bridgehead atoms. The van der Waals surface area contributed by atoms with Gasteiger partial charge < -0.3 is 23.7 Å². The average molecular weight is 558 g/mol. The monoisotopic (exact) mass is 557 g/mol. The van der Waals surface area contributed by atoms with Crippen molar-refractivity contribution in [3.63, 3.8) is 0 Å². The zero-order valence-corrected chi connectivity index (χ0v) is 24.2. The number of fused-ring (bicyclic) bond motifs is 3. The minimum Gasteiger partial charge on any atom is -0.497 e. The van der Waals surface area contributed by atoms with Crippen molar-refractivity contribution in [2.24, 2.45) is 0 Å². The van der Waals surface area contributed by atoms with Gasteiger partial charge in [-0.15, -0.1) is 0 Å². The van der Waals surface area contributed by atoms with E-state index in [4.69, 9.17) is 23.7 Å². The molecule has 1 aliphatic carbocycles. The van der Waals surface area contributed by atoms with Gasteiger partial charge in [0.2, 0.25) is 6.79 Å². The molecule has 4 aliphatic heterocycles. The smallest absolute Gasteiger partial charge is 0.339 e. The lowest BCUT2D eigenvalue weighted by Gasteiger charge is -2.44. The maximum absolute atomic E-state index is 14.3. The first-order valence-corrected chi connectivity index (χ1v) is 15.2. The Balaban J connectivity index is 1.40. The fraction of sp³-hybridized carbons (Fsp3) is 0.667.